The van der Waals surface area contributed by atoms with E-state index in [0.29, 0.717) is 5.02 Å². The summed E-state index contributed by atoms with van der Waals surface area (Å²) in [5.41, 5.74) is 1.95. The van der Waals surface area contributed by atoms with Gasteiger partial charge in [0.25, 0.3) is 0 Å². The van der Waals surface area contributed by atoms with Gasteiger partial charge in [-0.3, -0.25) is 19.4 Å². The van der Waals surface area contributed by atoms with Crippen LogP contribution < -0.4 is 0 Å². The van der Waals surface area contributed by atoms with Crippen LogP contribution in [0.2, 0.25) is 5.02 Å². The molecule has 1 aliphatic heterocycles. The van der Waals surface area contributed by atoms with Gasteiger partial charge in [-0.05, 0) is 42.5 Å². The van der Waals surface area contributed by atoms with Crippen molar-refractivity contribution in [3.63, 3.8) is 0 Å². The molecule has 1 saturated heterocycles. The minimum Gasteiger partial charge on any atom is -0.273 e. The molecule has 1 aromatic rings. The normalized spacial score (nSPS) is 22.9. The van der Waals surface area contributed by atoms with E-state index in [0.717, 1.165) is 40.2 Å². The van der Waals surface area contributed by atoms with Crippen LogP contribution in [0.25, 0.3) is 5.57 Å². The van der Waals surface area contributed by atoms with Gasteiger partial charge in [0.15, 0.2) is 0 Å². The number of carbonyl (C=O) groups is 3. The molecule has 6 heteroatoms. The fourth-order valence-corrected chi connectivity index (χ4v) is 3.63. The molecule has 1 atom stereocenters. The number of benzene rings is 1. The highest BCUT2D eigenvalue weighted by atomic mass is 35.5. The number of nitrogens with zero attached hydrogens (tertiary/aromatic N) is 2. The van der Waals surface area contributed by atoms with Crippen LogP contribution in [-0.4, -0.2) is 41.7 Å². The predicted molar refractivity (Wildman–Crippen MR) is 91.2 cm³/mol. The van der Waals surface area contributed by atoms with Crippen LogP contribution >= 0.6 is 11.6 Å². The van der Waals surface area contributed by atoms with Crippen LogP contribution in [0.1, 0.15) is 24.8 Å². The minimum absolute atomic E-state index is 0.224. The number of hydrogen-bond acceptors (Lipinski definition) is 3. The van der Waals surface area contributed by atoms with Crippen molar-refractivity contribution >= 4 is 35.0 Å². The van der Waals surface area contributed by atoms with E-state index in [2.05, 4.69) is 6.08 Å². The van der Waals surface area contributed by atoms with Crippen LogP contribution in [0, 0.1) is 11.8 Å². The van der Waals surface area contributed by atoms with Crippen LogP contribution in [0.4, 0.5) is 4.79 Å². The smallest absolute Gasteiger partial charge is 0.273 e. The van der Waals surface area contributed by atoms with E-state index in [-0.39, 0.29) is 5.92 Å². The van der Waals surface area contributed by atoms with Gasteiger partial charge in [0.05, 0.1) is 0 Å². The van der Waals surface area contributed by atoms with Gasteiger partial charge < -0.3 is 0 Å². The fraction of sp³-hybridized carbons (Fsp3) is 0.389. The first-order chi connectivity index (χ1) is 11.4. The van der Waals surface area contributed by atoms with Crippen molar-refractivity contribution in [1.29, 1.82) is 0 Å². The number of allylic oxidation sites excluding steroid dienone is 2. The van der Waals surface area contributed by atoms with E-state index in [1.165, 1.54) is 14.1 Å². The Morgan fingerprint density at radius 1 is 1.00 bits per heavy atom. The van der Waals surface area contributed by atoms with Crippen molar-refractivity contribution in [2.45, 2.75) is 19.3 Å². The Hall–Kier alpha value is -2.14. The van der Waals surface area contributed by atoms with Crippen LogP contribution in [-0.2, 0) is 9.59 Å². The van der Waals surface area contributed by atoms with Gasteiger partial charge in [-0.2, -0.15) is 0 Å². The van der Waals surface area contributed by atoms with Crippen molar-refractivity contribution in [3.8, 4) is 0 Å². The second-order valence-corrected chi connectivity index (χ2v) is 6.69. The average Bonchev–Trinajstić information content (AvgIpc) is 2.60. The lowest BCUT2D eigenvalue weighted by molar-refractivity contribution is -0.149. The summed E-state index contributed by atoms with van der Waals surface area (Å²) in [6.45, 7) is 0. The van der Waals surface area contributed by atoms with Crippen molar-refractivity contribution in [3.05, 3.63) is 40.9 Å². The first-order valence-corrected chi connectivity index (χ1v) is 8.34. The molecule has 4 amide bonds. The zero-order valence-electron chi connectivity index (χ0n) is 13.7. The van der Waals surface area contributed by atoms with Crippen LogP contribution in [0.3, 0.4) is 0 Å². The Morgan fingerprint density at radius 3 is 2.17 bits per heavy atom. The van der Waals surface area contributed by atoms with E-state index in [1.807, 2.05) is 12.1 Å². The molecule has 0 saturated carbocycles. The number of amides is 4. The topological polar surface area (TPSA) is 57.7 Å². The van der Waals surface area contributed by atoms with Gasteiger partial charge in [-0.15, -0.1) is 0 Å². The molecular weight excluding hydrogens is 328 g/mol. The fourth-order valence-electron chi connectivity index (χ4n) is 3.50. The molecule has 3 rings (SSSR count). The van der Waals surface area contributed by atoms with Gasteiger partial charge in [0.2, 0.25) is 11.8 Å². The van der Waals surface area contributed by atoms with Crippen LogP contribution in [0.15, 0.2) is 30.3 Å². The summed E-state index contributed by atoms with van der Waals surface area (Å²) >= 11 is 5.96. The summed E-state index contributed by atoms with van der Waals surface area (Å²) in [5, 5.41) is 0.640. The first kappa shape index (κ1) is 16.7. The second kappa shape index (κ2) is 6.40. The number of halogens is 1. The molecule has 1 unspecified atom stereocenters. The van der Waals surface area contributed by atoms with E-state index < -0.39 is 23.8 Å². The van der Waals surface area contributed by atoms with Crippen LogP contribution in [0.5, 0.6) is 0 Å². The lowest BCUT2D eigenvalue weighted by Gasteiger charge is -2.38. The quantitative estimate of drug-likeness (QED) is 0.773. The van der Waals surface area contributed by atoms with Gasteiger partial charge in [0, 0.05) is 25.0 Å². The molecular formula is C18H19ClN2O3. The lowest BCUT2D eigenvalue weighted by atomic mass is 9.74. The molecule has 0 bridgehead atoms. The van der Waals surface area contributed by atoms with Crippen molar-refractivity contribution in [2.75, 3.05) is 14.1 Å². The number of imide groups is 2. The molecule has 126 valence electrons. The van der Waals surface area contributed by atoms with Gasteiger partial charge in [-0.25, -0.2) is 4.79 Å². The SMILES string of the molecule is CN1C(=O)C(C2CCCC=C2c2ccc(Cl)cc2)C(=O)N(C)C1=O. The Bertz CT molecular complexity index is 702. The number of carbonyl (C=O) groups excluding carboxylic acids is 3. The molecule has 5 nitrogen and oxygen atoms in total. The first-order valence-electron chi connectivity index (χ1n) is 7.97. The maximum Gasteiger partial charge on any atom is 0.332 e. The van der Waals surface area contributed by atoms with Gasteiger partial charge >= 0.3 is 6.03 Å². The number of urea groups is 1. The summed E-state index contributed by atoms with van der Waals surface area (Å²) in [6.07, 6.45) is 4.66. The molecule has 1 aliphatic carbocycles. The van der Waals surface area contributed by atoms with Gasteiger partial charge in [0.1, 0.15) is 5.92 Å². The molecule has 24 heavy (non-hydrogen) atoms. The van der Waals surface area contributed by atoms with E-state index in [4.69, 9.17) is 11.6 Å². The van der Waals surface area contributed by atoms with Crippen molar-refractivity contribution in [1.82, 2.24) is 9.80 Å². The second-order valence-electron chi connectivity index (χ2n) is 6.26. The highest BCUT2D eigenvalue weighted by Gasteiger charge is 2.47. The zero-order chi connectivity index (χ0) is 17.4. The molecule has 0 N–H and O–H groups in total. The van der Waals surface area contributed by atoms with Crippen molar-refractivity contribution < 1.29 is 14.4 Å². The highest BCUT2D eigenvalue weighted by Crippen LogP contribution is 2.40. The molecule has 0 spiro atoms. The maximum absolute atomic E-state index is 12.6. The standard InChI is InChI=1S/C18H19ClN2O3/c1-20-16(22)15(17(23)21(2)18(20)24)14-6-4-3-5-13(14)11-7-9-12(19)10-8-11/h5,7-10,14-15H,3-4,6H2,1-2H3. The monoisotopic (exact) mass is 346 g/mol. The van der Waals surface area contributed by atoms with Crippen molar-refractivity contribution in [2.24, 2.45) is 11.8 Å². The molecule has 0 aromatic heterocycles. The summed E-state index contributed by atoms with van der Waals surface area (Å²) in [7, 11) is 2.85. The molecule has 1 fully saturated rings. The Morgan fingerprint density at radius 2 is 1.58 bits per heavy atom. The third kappa shape index (κ3) is 2.73. The number of hydrogen-bond donors (Lipinski definition) is 0. The van der Waals surface area contributed by atoms with Gasteiger partial charge in [-0.1, -0.05) is 29.8 Å². The Balaban J connectivity index is 1.99. The Kier molecular flexibility index (Phi) is 4.45. The molecule has 0 radical (unpaired) electrons. The summed E-state index contributed by atoms with van der Waals surface area (Å²) in [4.78, 5) is 39.3. The maximum atomic E-state index is 12.6. The number of barbiturate groups is 1. The third-order valence-electron chi connectivity index (χ3n) is 4.83. The van der Waals surface area contributed by atoms with E-state index in [1.54, 1.807) is 12.1 Å². The zero-order valence-corrected chi connectivity index (χ0v) is 14.4. The molecule has 1 heterocycles. The lowest BCUT2D eigenvalue weighted by Crippen LogP contribution is -2.58. The summed E-state index contributed by atoms with van der Waals surface area (Å²) < 4.78 is 0. The summed E-state index contributed by atoms with van der Waals surface area (Å²) in [6, 6.07) is 6.84. The highest BCUT2D eigenvalue weighted by molar-refractivity contribution is 6.30. The van der Waals surface area contributed by atoms with E-state index >= 15 is 0 Å². The minimum atomic E-state index is -0.847. The predicted octanol–water partition coefficient (Wildman–Crippen LogP) is 3.19. The summed E-state index contributed by atoms with van der Waals surface area (Å²) in [5.74, 6) is -1.91. The molecule has 2 aliphatic rings. The third-order valence-corrected chi connectivity index (χ3v) is 5.08. The number of rotatable bonds is 2. The largest absolute Gasteiger partial charge is 0.332 e. The molecule has 1 aromatic carbocycles. The average molecular weight is 347 g/mol. The van der Waals surface area contributed by atoms with E-state index in [9.17, 15) is 14.4 Å². The Labute approximate surface area is 145 Å².